The number of primary sulfonamides is 1. The highest BCUT2D eigenvalue weighted by molar-refractivity contribution is 7.89. The lowest BCUT2D eigenvalue weighted by molar-refractivity contribution is -0.121. The molecule has 8 heteroatoms. The second-order valence-corrected chi connectivity index (χ2v) is 7.31. The van der Waals surface area contributed by atoms with Gasteiger partial charge in [-0.25, -0.2) is 13.6 Å². The topological polar surface area (TPSA) is 106 Å². The van der Waals surface area contributed by atoms with Crippen molar-refractivity contribution < 1.29 is 18.0 Å². The number of benzene rings is 2. The summed E-state index contributed by atoms with van der Waals surface area (Å²) in [6, 6.07) is 13.2. The Morgan fingerprint density at radius 2 is 1.72 bits per heavy atom. The molecule has 0 radical (unpaired) electrons. The molecular weight excluding hydrogens is 364 g/mol. The van der Waals surface area contributed by atoms with Crippen molar-refractivity contribution in [3.8, 4) is 0 Å². The number of sulfonamides is 1. The second-order valence-electron chi connectivity index (χ2n) is 5.38. The summed E-state index contributed by atoms with van der Waals surface area (Å²) >= 11 is 5.78. The fourth-order valence-corrected chi connectivity index (χ4v) is 3.22. The van der Waals surface area contributed by atoms with Gasteiger partial charge in [-0.3, -0.25) is 9.59 Å². The molecule has 0 saturated heterocycles. The molecule has 0 saturated carbocycles. The van der Waals surface area contributed by atoms with Gasteiger partial charge in [-0.05, 0) is 23.8 Å². The second kappa shape index (κ2) is 8.24. The molecule has 0 heterocycles. The molecule has 2 rings (SSSR count). The van der Waals surface area contributed by atoms with Gasteiger partial charge in [0, 0.05) is 24.9 Å². The first-order chi connectivity index (χ1) is 11.8. The number of rotatable bonds is 7. The predicted molar refractivity (Wildman–Crippen MR) is 94.7 cm³/mol. The summed E-state index contributed by atoms with van der Waals surface area (Å²) in [6.45, 7) is 0.379. The van der Waals surface area contributed by atoms with Crippen molar-refractivity contribution in [1.29, 1.82) is 0 Å². The Hall–Kier alpha value is -2.22. The number of Topliss-reactive ketones (excluding diaryl/α,β-unsaturated/α-hetero) is 1. The van der Waals surface area contributed by atoms with E-state index in [1.165, 1.54) is 12.1 Å². The van der Waals surface area contributed by atoms with Crippen molar-refractivity contribution in [3.05, 3.63) is 64.7 Å². The number of hydrogen-bond acceptors (Lipinski definition) is 4. The van der Waals surface area contributed by atoms with E-state index in [4.69, 9.17) is 16.7 Å². The first-order valence-corrected chi connectivity index (χ1v) is 9.36. The molecule has 0 unspecified atom stereocenters. The quantitative estimate of drug-likeness (QED) is 0.718. The predicted octanol–water partition coefficient (Wildman–Crippen LogP) is 2.27. The molecule has 2 aromatic carbocycles. The van der Waals surface area contributed by atoms with E-state index in [0.29, 0.717) is 6.54 Å². The van der Waals surface area contributed by atoms with E-state index in [-0.39, 0.29) is 40.0 Å². The minimum Gasteiger partial charge on any atom is -0.352 e. The first-order valence-electron chi connectivity index (χ1n) is 7.43. The highest BCUT2D eigenvalue weighted by Gasteiger charge is 2.17. The van der Waals surface area contributed by atoms with Gasteiger partial charge in [0.15, 0.2) is 5.78 Å². The summed E-state index contributed by atoms with van der Waals surface area (Å²) in [4.78, 5) is 23.7. The summed E-state index contributed by atoms with van der Waals surface area (Å²) in [6.07, 6.45) is -0.0503. The van der Waals surface area contributed by atoms with Gasteiger partial charge in [0.1, 0.15) is 4.90 Å². The lowest BCUT2D eigenvalue weighted by Crippen LogP contribution is -2.23. The fraction of sp³-hybridized carbons (Fsp3) is 0.176. The van der Waals surface area contributed by atoms with Crippen LogP contribution in [0.4, 0.5) is 0 Å². The van der Waals surface area contributed by atoms with Crippen LogP contribution in [0.2, 0.25) is 5.02 Å². The molecule has 0 aliphatic heterocycles. The van der Waals surface area contributed by atoms with Gasteiger partial charge in [-0.1, -0.05) is 41.9 Å². The molecule has 0 fully saturated rings. The van der Waals surface area contributed by atoms with E-state index in [1.54, 1.807) is 0 Å². The van der Waals surface area contributed by atoms with Crippen molar-refractivity contribution in [1.82, 2.24) is 5.32 Å². The summed E-state index contributed by atoms with van der Waals surface area (Å²) in [5.74, 6) is -0.630. The maximum atomic E-state index is 12.2. The van der Waals surface area contributed by atoms with Gasteiger partial charge in [-0.15, -0.1) is 0 Å². The monoisotopic (exact) mass is 380 g/mol. The van der Waals surface area contributed by atoms with Crippen LogP contribution in [0, 0.1) is 0 Å². The van der Waals surface area contributed by atoms with Crippen LogP contribution in [0.1, 0.15) is 28.8 Å². The van der Waals surface area contributed by atoms with E-state index < -0.39 is 10.0 Å². The zero-order chi connectivity index (χ0) is 18.4. The molecule has 0 aliphatic carbocycles. The molecule has 2 aromatic rings. The zero-order valence-corrected chi connectivity index (χ0v) is 14.8. The van der Waals surface area contributed by atoms with Crippen molar-refractivity contribution in [2.45, 2.75) is 24.3 Å². The van der Waals surface area contributed by atoms with E-state index in [9.17, 15) is 18.0 Å². The smallest absolute Gasteiger partial charge is 0.239 e. The van der Waals surface area contributed by atoms with Gasteiger partial charge >= 0.3 is 0 Å². The third-order valence-electron chi connectivity index (χ3n) is 3.47. The van der Waals surface area contributed by atoms with Gasteiger partial charge in [0.25, 0.3) is 0 Å². The third-order valence-corrected chi connectivity index (χ3v) is 4.86. The molecule has 6 nitrogen and oxygen atoms in total. The molecule has 0 bridgehead atoms. The SMILES string of the molecule is NS(=O)(=O)c1cc(C(=O)CCC(=O)NCc2ccccc2)ccc1Cl. The summed E-state index contributed by atoms with van der Waals surface area (Å²) in [5, 5.41) is 7.72. The molecule has 1 amide bonds. The Bertz CT molecular complexity index is 883. The summed E-state index contributed by atoms with van der Waals surface area (Å²) in [5.41, 5.74) is 1.10. The van der Waals surface area contributed by atoms with Crippen LogP contribution >= 0.6 is 11.6 Å². The van der Waals surface area contributed by atoms with E-state index in [1.807, 2.05) is 30.3 Å². The molecule has 0 atom stereocenters. The number of amides is 1. The van der Waals surface area contributed by atoms with Crippen LogP contribution in [-0.2, 0) is 21.4 Å². The number of halogens is 1. The third kappa shape index (κ3) is 5.67. The summed E-state index contributed by atoms with van der Waals surface area (Å²) in [7, 11) is -4.02. The Morgan fingerprint density at radius 3 is 2.36 bits per heavy atom. The van der Waals surface area contributed by atoms with Gasteiger partial charge in [0.05, 0.1) is 5.02 Å². The van der Waals surface area contributed by atoms with Crippen LogP contribution in [0.5, 0.6) is 0 Å². The molecular formula is C17H17ClN2O4S. The Labute approximate surface area is 151 Å². The van der Waals surface area contributed by atoms with Crippen molar-refractivity contribution >= 4 is 33.3 Å². The minimum absolute atomic E-state index is 0.000990. The maximum absolute atomic E-state index is 12.2. The fourth-order valence-electron chi connectivity index (χ4n) is 2.15. The van der Waals surface area contributed by atoms with Crippen LogP contribution in [0.3, 0.4) is 0 Å². The van der Waals surface area contributed by atoms with Crippen LogP contribution in [-0.4, -0.2) is 20.1 Å². The summed E-state index contributed by atoms with van der Waals surface area (Å²) < 4.78 is 22.9. The largest absolute Gasteiger partial charge is 0.352 e. The van der Waals surface area contributed by atoms with Crippen LogP contribution < -0.4 is 10.5 Å². The van der Waals surface area contributed by atoms with Gasteiger partial charge < -0.3 is 5.32 Å². The zero-order valence-electron chi connectivity index (χ0n) is 13.2. The van der Waals surface area contributed by atoms with Gasteiger partial charge in [-0.2, -0.15) is 0 Å². The van der Waals surface area contributed by atoms with Crippen molar-refractivity contribution in [2.24, 2.45) is 5.14 Å². The Morgan fingerprint density at radius 1 is 1.04 bits per heavy atom. The number of carbonyl (C=O) groups excluding carboxylic acids is 2. The normalized spacial score (nSPS) is 11.1. The maximum Gasteiger partial charge on any atom is 0.239 e. The minimum atomic E-state index is -4.02. The molecule has 132 valence electrons. The standard InChI is InChI=1S/C17H17ClN2O4S/c18-14-7-6-13(10-16(14)25(19,23)24)15(21)8-9-17(22)20-11-12-4-2-1-3-5-12/h1-7,10H,8-9,11H2,(H,20,22)(H2,19,23,24). The van der Waals surface area contributed by atoms with E-state index in [2.05, 4.69) is 5.32 Å². The molecule has 0 aliphatic rings. The number of nitrogens with two attached hydrogens (primary N) is 1. The molecule has 0 spiro atoms. The highest BCUT2D eigenvalue weighted by Crippen LogP contribution is 2.22. The Balaban J connectivity index is 1.93. The number of carbonyl (C=O) groups is 2. The highest BCUT2D eigenvalue weighted by atomic mass is 35.5. The van der Waals surface area contributed by atoms with Gasteiger partial charge in [0.2, 0.25) is 15.9 Å². The number of ketones is 1. The number of hydrogen-bond donors (Lipinski definition) is 2. The molecule has 0 aromatic heterocycles. The number of nitrogens with one attached hydrogen (secondary N) is 1. The molecule has 25 heavy (non-hydrogen) atoms. The lowest BCUT2D eigenvalue weighted by atomic mass is 10.1. The van der Waals surface area contributed by atoms with Crippen LogP contribution in [0.25, 0.3) is 0 Å². The Kier molecular flexibility index (Phi) is 6.30. The first kappa shape index (κ1) is 19.1. The van der Waals surface area contributed by atoms with Crippen LogP contribution in [0.15, 0.2) is 53.4 Å². The average molecular weight is 381 g/mol. The van der Waals surface area contributed by atoms with Crippen molar-refractivity contribution in [2.75, 3.05) is 0 Å². The van der Waals surface area contributed by atoms with E-state index in [0.717, 1.165) is 11.6 Å². The van der Waals surface area contributed by atoms with Crippen molar-refractivity contribution in [3.63, 3.8) is 0 Å². The average Bonchev–Trinajstić information content (AvgIpc) is 2.58. The lowest BCUT2D eigenvalue weighted by Gasteiger charge is -2.07. The molecule has 3 N–H and O–H groups in total. The van der Waals surface area contributed by atoms with E-state index >= 15 is 0 Å².